The van der Waals surface area contributed by atoms with Crippen LogP contribution in [0, 0.1) is 24.4 Å². The fourth-order valence-electron chi connectivity index (χ4n) is 2.89. The number of hydrogen-bond donors (Lipinski definition) is 1. The Morgan fingerprint density at radius 3 is 2.68 bits per heavy atom. The number of benzene rings is 1. The molecule has 134 valence electrons. The third-order valence-corrected chi connectivity index (χ3v) is 4.25. The second-order valence-corrected chi connectivity index (χ2v) is 6.05. The molecule has 2 aromatic rings. The molecule has 0 saturated heterocycles. The van der Waals surface area contributed by atoms with Gasteiger partial charge in [-0.25, -0.2) is 13.2 Å². The summed E-state index contributed by atoms with van der Waals surface area (Å²) < 4.78 is 41.6. The fraction of sp³-hybridized carbons (Fsp3) is 0.438. The molecule has 1 atom stereocenters. The number of rotatable bonds is 4. The van der Waals surface area contributed by atoms with E-state index in [0.717, 1.165) is 5.82 Å². The number of fused-ring (bicyclic) bond motifs is 1. The summed E-state index contributed by atoms with van der Waals surface area (Å²) in [6, 6.07) is 1.13. The number of aliphatic hydroxyl groups is 1. The van der Waals surface area contributed by atoms with Gasteiger partial charge in [-0.1, -0.05) is 0 Å². The Hall–Kier alpha value is -2.42. The summed E-state index contributed by atoms with van der Waals surface area (Å²) >= 11 is 0. The molecule has 0 aliphatic carbocycles. The van der Waals surface area contributed by atoms with E-state index in [1.165, 1.54) is 4.90 Å². The predicted molar refractivity (Wildman–Crippen MR) is 80.8 cm³/mol. The summed E-state index contributed by atoms with van der Waals surface area (Å²) in [5.74, 6) is -2.32. The van der Waals surface area contributed by atoms with Gasteiger partial charge in [0.05, 0.1) is 19.1 Å². The van der Waals surface area contributed by atoms with Crippen molar-refractivity contribution in [2.24, 2.45) is 0 Å². The molecule has 25 heavy (non-hydrogen) atoms. The first kappa shape index (κ1) is 17.4. The summed E-state index contributed by atoms with van der Waals surface area (Å²) in [7, 11) is 0. The van der Waals surface area contributed by atoms with Crippen molar-refractivity contribution in [3.05, 3.63) is 46.8 Å². The zero-order valence-corrected chi connectivity index (χ0v) is 13.5. The zero-order chi connectivity index (χ0) is 18.1. The quantitative estimate of drug-likeness (QED) is 0.841. The summed E-state index contributed by atoms with van der Waals surface area (Å²) in [6.45, 7) is 3.13. The largest absolute Gasteiger partial charge is 0.392 e. The maximum absolute atomic E-state index is 13.6. The minimum Gasteiger partial charge on any atom is -0.392 e. The lowest BCUT2D eigenvalue weighted by Crippen LogP contribution is -2.40. The molecular formula is C16H17F3N4O2. The number of aryl methyl sites for hydroxylation is 1. The van der Waals surface area contributed by atoms with E-state index in [9.17, 15) is 23.1 Å². The maximum Gasteiger partial charge on any atom is 0.225 e. The average Bonchev–Trinajstić information content (AvgIpc) is 2.93. The number of hydrogen-bond acceptors (Lipinski definition) is 4. The molecule has 0 radical (unpaired) electrons. The average molecular weight is 354 g/mol. The van der Waals surface area contributed by atoms with Crippen LogP contribution >= 0.6 is 0 Å². The summed E-state index contributed by atoms with van der Waals surface area (Å²) in [4.78, 5) is 13.8. The van der Waals surface area contributed by atoms with E-state index in [4.69, 9.17) is 0 Å². The molecule has 3 rings (SSSR count). The third kappa shape index (κ3) is 3.65. The lowest BCUT2D eigenvalue weighted by Gasteiger charge is -2.28. The Kier molecular flexibility index (Phi) is 4.76. The van der Waals surface area contributed by atoms with E-state index in [0.29, 0.717) is 31.0 Å². The van der Waals surface area contributed by atoms with Crippen molar-refractivity contribution in [2.45, 2.75) is 39.0 Å². The van der Waals surface area contributed by atoms with Gasteiger partial charge in [0.1, 0.15) is 11.6 Å². The predicted octanol–water partition coefficient (Wildman–Crippen LogP) is 1.34. The molecule has 0 bridgehead atoms. The lowest BCUT2D eigenvalue weighted by molar-refractivity contribution is -0.134. The second kappa shape index (κ2) is 6.83. The highest BCUT2D eigenvalue weighted by Gasteiger charge is 2.25. The molecule has 1 amide bonds. The zero-order valence-electron chi connectivity index (χ0n) is 13.5. The van der Waals surface area contributed by atoms with Gasteiger partial charge in [0.15, 0.2) is 17.5 Å². The van der Waals surface area contributed by atoms with Crippen molar-refractivity contribution in [2.75, 3.05) is 6.54 Å². The van der Waals surface area contributed by atoms with Crippen LogP contribution in [-0.2, 0) is 24.3 Å². The van der Waals surface area contributed by atoms with Gasteiger partial charge in [-0.05, 0) is 18.6 Å². The van der Waals surface area contributed by atoms with Gasteiger partial charge in [0.25, 0.3) is 0 Å². The van der Waals surface area contributed by atoms with Gasteiger partial charge in [-0.15, -0.1) is 10.2 Å². The molecule has 0 unspecified atom stereocenters. The van der Waals surface area contributed by atoms with E-state index in [2.05, 4.69) is 10.2 Å². The Morgan fingerprint density at radius 2 is 1.92 bits per heavy atom. The number of aromatic nitrogens is 3. The van der Waals surface area contributed by atoms with Gasteiger partial charge in [0, 0.05) is 25.6 Å². The molecule has 0 saturated carbocycles. The number of aliphatic hydroxyl groups excluding tert-OH is 1. The highest BCUT2D eigenvalue weighted by Crippen LogP contribution is 2.18. The van der Waals surface area contributed by atoms with Crippen molar-refractivity contribution in [3.63, 3.8) is 0 Å². The first-order chi connectivity index (χ1) is 11.8. The van der Waals surface area contributed by atoms with Crippen molar-refractivity contribution in [1.82, 2.24) is 19.7 Å². The second-order valence-electron chi connectivity index (χ2n) is 6.05. The summed E-state index contributed by atoms with van der Waals surface area (Å²) in [5, 5.41) is 18.0. The van der Waals surface area contributed by atoms with Crippen LogP contribution in [0.25, 0.3) is 0 Å². The Bertz CT molecular complexity index is 809. The Labute approximate surface area is 141 Å². The third-order valence-electron chi connectivity index (χ3n) is 4.25. The molecule has 2 heterocycles. The fourth-order valence-corrected chi connectivity index (χ4v) is 2.89. The SMILES string of the molecule is Cc1nnc2n1CCN(C(=O)C[C@@H](O)Cc1cc(F)c(F)cc1F)C2. The molecular weight excluding hydrogens is 337 g/mol. The van der Waals surface area contributed by atoms with Crippen LogP contribution in [-0.4, -0.2) is 43.3 Å². The van der Waals surface area contributed by atoms with Crippen LogP contribution in [0.4, 0.5) is 13.2 Å². The van der Waals surface area contributed by atoms with Gasteiger partial charge in [-0.2, -0.15) is 0 Å². The van der Waals surface area contributed by atoms with Crippen LogP contribution < -0.4 is 0 Å². The molecule has 0 spiro atoms. The Morgan fingerprint density at radius 1 is 1.20 bits per heavy atom. The first-order valence-electron chi connectivity index (χ1n) is 7.83. The van der Waals surface area contributed by atoms with E-state index in [1.54, 1.807) is 0 Å². The number of carbonyl (C=O) groups is 1. The monoisotopic (exact) mass is 354 g/mol. The first-order valence-corrected chi connectivity index (χ1v) is 7.83. The van der Waals surface area contributed by atoms with Crippen LogP contribution in [0.2, 0.25) is 0 Å². The molecule has 1 aliphatic rings. The number of carbonyl (C=O) groups excluding carboxylic acids is 1. The highest BCUT2D eigenvalue weighted by molar-refractivity contribution is 5.76. The smallest absolute Gasteiger partial charge is 0.225 e. The van der Waals surface area contributed by atoms with Gasteiger partial charge in [-0.3, -0.25) is 4.79 Å². The van der Waals surface area contributed by atoms with E-state index >= 15 is 0 Å². The molecule has 6 nitrogen and oxygen atoms in total. The van der Waals surface area contributed by atoms with Crippen LogP contribution in [0.1, 0.15) is 23.6 Å². The molecule has 0 fully saturated rings. The number of amides is 1. The van der Waals surface area contributed by atoms with Gasteiger partial charge >= 0.3 is 0 Å². The van der Waals surface area contributed by atoms with Crippen molar-refractivity contribution >= 4 is 5.91 Å². The lowest BCUT2D eigenvalue weighted by atomic mass is 10.0. The van der Waals surface area contributed by atoms with E-state index in [1.807, 2.05) is 11.5 Å². The van der Waals surface area contributed by atoms with Crippen LogP contribution in [0.15, 0.2) is 12.1 Å². The summed E-state index contributed by atoms with van der Waals surface area (Å²) in [6.07, 6.45) is -1.72. The molecule has 1 N–H and O–H groups in total. The Balaban J connectivity index is 1.61. The summed E-state index contributed by atoms with van der Waals surface area (Å²) in [5.41, 5.74) is -0.173. The topological polar surface area (TPSA) is 71.2 Å². The van der Waals surface area contributed by atoms with E-state index in [-0.39, 0.29) is 30.9 Å². The van der Waals surface area contributed by atoms with Crippen molar-refractivity contribution < 1.29 is 23.1 Å². The number of halogens is 3. The molecule has 9 heteroatoms. The molecule has 1 aromatic carbocycles. The number of nitrogens with zero attached hydrogens (tertiary/aromatic N) is 4. The normalized spacial score (nSPS) is 15.2. The minimum absolute atomic E-state index is 0.173. The van der Waals surface area contributed by atoms with Crippen molar-refractivity contribution in [3.8, 4) is 0 Å². The van der Waals surface area contributed by atoms with Gasteiger partial charge in [0.2, 0.25) is 5.91 Å². The standard InChI is InChI=1S/C16H17F3N4O2/c1-9-20-21-15-8-22(2-3-23(9)15)16(25)6-11(24)4-10-5-13(18)14(19)7-12(10)17/h5,7,11,24H,2-4,6,8H2,1H3/t11-/m0/s1. The molecule has 1 aliphatic heterocycles. The highest BCUT2D eigenvalue weighted by atomic mass is 19.2. The van der Waals surface area contributed by atoms with Gasteiger partial charge < -0.3 is 14.6 Å². The molecule has 1 aromatic heterocycles. The van der Waals surface area contributed by atoms with Crippen molar-refractivity contribution in [1.29, 1.82) is 0 Å². The maximum atomic E-state index is 13.6. The van der Waals surface area contributed by atoms with E-state index < -0.39 is 23.6 Å². The van der Waals surface area contributed by atoms with Crippen LogP contribution in [0.3, 0.4) is 0 Å². The minimum atomic E-state index is -1.29. The van der Waals surface area contributed by atoms with Crippen LogP contribution in [0.5, 0.6) is 0 Å².